The number of carbonyl (C=O) groups is 3. The van der Waals surface area contributed by atoms with E-state index in [-0.39, 0.29) is 30.1 Å². The molecule has 0 radical (unpaired) electrons. The van der Waals surface area contributed by atoms with Crippen LogP contribution in [0.4, 0.5) is 0 Å². The SMILES string of the molecule is Cc1ccc(C(=O)CCC(=O)OCC(=O)NC2CCS(=O)(=O)C2)cc1. The largest absolute Gasteiger partial charge is 0.456 e. The van der Waals surface area contributed by atoms with Gasteiger partial charge >= 0.3 is 5.97 Å². The van der Waals surface area contributed by atoms with Gasteiger partial charge in [-0.2, -0.15) is 0 Å². The second kappa shape index (κ2) is 8.24. The Morgan fingerprint density at radius 2 is 1.84 bits per heavy atom. The van der Waals surface area contributed by atoms with Crippen LogP contribution in [0.2, 0.25) is 0 Å². The Hall–Kier alpha value is -2.22. The number of sulfone groups is 1. The Labute approximate surface area is 146 Å². The van der Waals surface area contributed by atoms with Gasteiger partial charge in [0.2, 0.25) is 0 Å². The molecule has 0 aromatic heterocycles. The average Bonchev–Trinajstić information content (AvgIpc) is 2.90. The molecule has 0 saturated carbocycles. The van der Waals surface area contributed by atoms with Crippen molar-refractivity contribution in [2.24, 2.45) is 0 Å². The summed E-state index contributed by atoms with van der Waals surface area (Å²) in [7, 11) is -3.08. The fraction of sp³-hybridized carbons (Fsp3) is 0.471. The number of Topliss-reactive ketones (excluding diaryl/α,β-unsaturated/α-hetero) is 1. The number of hydrogen-bond donors (Lipinski definition) is 1. The summed E-state index contributed by atoms with van der Waals surface area (Å²) >= 11 is 0. The molecule has 1 unspecified atom stereocenters. The molecular weight excluding hydrogens is 346 g/mol. The highest BCUT2D eigenvalue weighted by atomic mass is 32.2. The van der Waals surface area contributed by atoms with E-state index in [1.165, 1.54) is 0 Å². The molecule has 1 saturated heterocycles. The van der Waals surface area contributed by atoms with E-state index in [0.29, 0.717) is 12.0 Å². The topological polar surface area (TPSA) is 107 Å². The number of carbonyl (C=O) groups excluding carboxylic acids is 3. The van der Waals surface area contributed by atoms with Gasteiger partial charge < -0.3 is 10.1 Å². The third kappa shape index (κ3) is 6.30. The Kier molecular flexibility index (Phi) is 6.30. The molecule has 1 heterocycles. The Morgan fingerprint density at radius 1 is 1.16 bits per heavy atom. The first-order chi connectivity index (χ1) is 11.7. The van der Waals surface area contributed by atoms with E-state index in [4.69, 9.17) is 4.74 Å². The Morgan fingerprint density at radius 3 is 2.44 bits per heavy atom. The fourth-order valence-electron chi connectivity index (χ4n) is 2.50. The summed E-state index contributed by atoms with van der Waals surface area (Å²) in [6, 6.07) is 6.61. The molecule has 1 aliphatic heterocycles. The van der Waals surface area contributed by atoms with Crippen molar-refractivity contribution in [2.75, 3.05) is 18.1 Å². The van der Waals surface area contributed by atoms with Gasteiger partial charge in [-0.05, 0) is 13.3 Å². The van der Waals surface area contributed by atoms with Crippen molar-refractivity contribution >= 4 is 27.5 Å². The molecule has 1 atom stereocenters. The third-order valence-corrected chi connectivity index (χ3v) is 5.66. The maximum Gasteiger partial charge on any atom is 0.306 e. The van der Waals surface area contributed by atoms with Crippen LogP contribution in [0, 0.1) is 6.92 Å². The summed E-state index contributed by atoms with van der Waals surface area (Å²) in [6.45, 7) is 1.44. The summed E-state index contributed by atoms with van der Waals surface area (Å²) in [5, 5.41) is 2.52. The molecule has 7 nitrogen and oxygen atoms in total. The first kappa shape index (κ1) is 19.1. The quantitative estimate of drug-likeness (QED) is 0.564. The molecule has 0 aliphatic carbocycles. The summed E-state index contributed by atoms with van der Waals surface area (Å²) in [4.78, 5) is 35.2. The molecule has 1 fully saturated rings. The van der Waals surface area contributed by atoms with Gasteiger partial charge in [-0.15, -0.1) is 0 Å². The third-order valence-electron chi connectivity index (χ3n) is 3.89. The predicted octanol–water partition coefficient (Wildman–Crippen LogP) is 0.804. The maximum atomic E-state index is 11.9. The van der Waals surface area contributed by atoms with Crippen LogP contribution in [0.25, 0.3) is 0 Å². The van der Waals surface area contributed by atoms with E-state index in [1.54, 1.807) is 12.1 Å². The van der Waals surface area contributed by atoms with Crippen molar-refractivity contribution < 1.29 is 27.5 Å². The molecule has 1 aliphatic rings. The van der Waals surface area contributed by atoms with E-state index >= 15 is 0 Å². The molecule has 1 N–H and O–H groups in total. The Balaban J connectivity index is 1.67. The van der Waals surface area contributed by atoms with Crippen LogP contribution >= 0.6 is 0 Å². The molecular formula is C17H21NO6S. The molecule has 1 aromatic rings. The van der Waals surface area contributed by atoms with Crippen LogP contribution < -0.4 is 5.32 Å². The summed E-state index contributed by atoms with van der Waals surface area (Å²) < 4.78 is 27.4. The number of esters is 1. The minimum Gasteiger partial charge on any atom is -0.456 e. The second-order valence-corrected chi connectivity index (χ2v) is 8.35. The fourth-order valence-corrected chi connectivity index (χ4v) is 4.17. The maximum absolute atomic E-state index is 11.9. The highest BCUT2D eigenvalue weighted by molar-refractivity contribution is 7.91. The van der Waals surface area contributed by atoms with Crippen LogP contribution in [0.1, 0.15) is 35.2 Å². The van der Waals surface area contributed by atoms with Gasteiger partial charge in [0, 0.05) is 18.0 Å². The van der Waals surface area contributed by atoms with E-state index in [2.05, 4.69) is 5.32 Å². The number of nitrogens with one attached hydrogen (secondary N) is 1. The van der Waals surface area contributed by atoms with Crippen LogP contribution in [0.3, 0.4) is 0 Å². The molecule has 0 bridgehead atoms. The number of aryl methyl sites for hydroxylation is 1. The van der Waals surface area contributed by atoms with Crippen molar-refractivity contribution in [3.63, 3.8) is 0 Å². The minimum atomic E-state index is -3.08. The molecule has 2 rings (SSSR count). The van der Waals surface area contributed by atoms with Gasteiger partial charge in [-0.25, -0.2) is 8.42 Å². The van der Waals surface area contributed by atoms with E-state index < -0.39 is 34.4 Å². The highest BCUT2D eigenvalue weighted by Gasteiger charge is 2.29. The molecule has 1 amide bonds. The van der Waals surface area contributed by atoms with Crippen molar-refractivity contribution in [1.29, 1.82) is 0 Å². The number of amides is 1. The zero-order valence-electron chi connectivity index (χ0n) is 14.0. The highest BCUT2D eigenvalue weighted by Crippen LogP contribution is 2.11. The van der Waals surface area contributed by atoms with Gasteiger partial charge in [0.15, 0.2) is 22.2 Å². The monoisotopic (exact) mass is 367 g/mol. The predicted molar refractivity (Wildman–Crippen MR) is 90.9 cm³/mol. The molecule has 1 aromatic carbocycles. The number of ketones is 1. The number of benzene rings is 1. The summed E-state index contributed by atoms with van der Waals surface area (Å²) in [6.07, 6.45) is 0.259. The number of rotatable bonds is 7. The van der Waals surface area contributed by atoms with Gasteiger partial charge in [-0.1, -0.05) is 29.8 Å². The van der Waals surface area contributed by atoms with Crippen molar-refractivity contribution in [3.05, 3.63) is 35.4 Å². The lowest BCUT2D eigenvalue weighted by Gasteiger charge is -2.11. The molecule has 25 heavy (non-hydrogen) atoms. The minimum absolute atomic E-state index is 0.00435. The lowest BCUT2D eigenvalue weighted by molar-refractivity contribution is -0.148. The Bertz CT molecular complexity index is 754. The number of hydrogen-bond acceptors (Lipinski definition) is 6. The first-order valence-corrected chi connectivity index (χ1v) is 9.82. The zero-order chi connectivity index (χ0) is 18.4. The molecule has 136 valence electrons. The zero-order valence-corrected chi connectivity index (χ0v) is 14.8. The van der Waals surface area contributed by atoms with E-state index in [0.717, 1.165) is 5.56 Å². The smallest absolute Gasteiger partial charge is 0.306 e. The van der Waals surface area contributed by atoms with Crippen molar-refractivity contribution in [3.8, 4) is 0 Å². The second-order valence-electron chi connectivity index (χ2n) is 6.12. The normalized spacial score (nSPS) is 18.5. The first-order valence-electron chi connectivity index (χ1n) is 8.00. The summed E-state index contributed by atoms with van der Waals surface area (Å²) in [5.74, 6) is -1.39. The van der Waals surface area contributed by atoms with E-state index in [1.807, 2.05) is 19.1 Å². The van der Waals surface area contributed by atoms with Gasteiger partial charge in [0.1, 0.15) is 0 Å². The lowest BCUT2D eigenvalue weighted by Crippen LogP contribution is -2.38. The van der Waals surface area contributed by atoms with Gasteiger partial charge in [-0.3, -0.25) is 14.4 Å². The molecule has 8 heteroatoms. The van der Waals surface area contributed by atoms with Crippen molar-refractivity contribution in [2.45, 2.75) is 32.2 Å². The summed E-state index contributed by atoms with van der Waals surface area (Å²) in [5.41, 5.74) is 1.57. The van der Waals surface area contributed by atoms with Gasteiger partial charge in [0.25, 0.3) is 5.91 Å². The van der Waals surface area contributed by atoms with E-state index in [9.17, 15) is 22.8 Å². The van der Waals surface area contributed by atoms with Crippen LogP contribution in [-0.4, -0.2) is 50.2 Å². The average molecular weight is 367 g/mol. The molecule has 0 spiro atoms. The standard InChI is InChI=1S/C17H21NO6S/c1-12-2-4-13(5-3-12)15(19)6-7-17(21)24-10-16(20)18-14-8-9-25(22,23)11-14/h2-5,14H,6-11H2,1H3,(H,18,20). The van der Waals surface area contributed by atoms with Crippen LogP contribution in [0.5, 0.6) is 0 Å². The van der Waals surface area contributed by atoms with Crippen LogP contribution in [0.15, 0.2) is 24.3 Å². The number of ether oxygens (including phenoxy) is 1. The van der Waals surface area contributed by atoms with Crippen molar-refractivity contribution in [1.82, 2.24) is 5.32 Å². The lowest BCUT2D eigenvalue weighted by atomic mass is 10.1. The van der Waals surface area contributed by atoms with Gasteiger partial charge in [0.05, 0.1) is 17.9 Å². The van der Waals surface area contributed by atoms with Crippen LogP contribution in [-0.2, 0) is 24.2 Å².